The maximum absolute atomic E-state index is 12.3. The Labute approximate surface area is 225 Å². The van der Waals surface area contributed by atoms with Gasteiger partial charge in [0.2, 0.25) is 11.4 Å². The Balaban J connectivity index is 0.000000459. The summed E-state index contributed by atoms with van der Waals surface area (Å²) in [6, 6.07) is 6.09. The molecule has 4 heterocycles. The van der Waals surface area contributed by atoms with Crippen molar-refractivity contribution in [1.29, 1.82) is 0 Å². The molecule has 0 unspecified atom stereocenters. The Morgan fingerprint density at radius 3 is 2.28 bits per heavy atom. The summed E-state index contributed by atoms with van der Waals surface area (Å²) < 4.78 is 78.2. The molecule has 2 aromatic heterocycles. The van der Waals surface area contributed by atoms with Crippen molar-refractivity contribution in [2.75, 3.05) is 13.7 Å². The molecule has 0 spiro atoms. The van der Waals surface area contributed by atoms with E-state index in [9.17, 15) is 18.0 Å². The predicted octanol–water partition coefficient (Wildman–Crippen LogP) is 3.66. The van der Waals surface area contributed by atoms with E-state index in [0.717, 1.165) is 49.6 Å². The number of nitrogens with zero attached hydrogens (tertiary/aromatic N) is 2. The molecule has 2 saturated heterocycles. The number of hydrogen-bond donors (Lipinski definition) is 1. The van der Waals surface area contributed by atoms with Gasteiger partial charge in [-0.25, -0.2) is 18.2 Å². The Morgan fingerprint density at radius 1 is 1.18 bits per heavy atom. The lowest BCUT2D eigenvalue weighted by Gasteiger charge is -2.53. The fourth-order valence-electron chi connectivity index (χ4n) is 4.76. The van der Waals surface area contributed by atoms with Gasteiger partial charge in [-0.05, 0) is 64.9 Å². The van der Waals surface area contributed by atoms with Gasteiger partial charge < -0.3 is 24.1 Å². The van der Waals surface area contributed by atoms with Gasteiger partial charge in [-0.3, -0.25) is 0 Å². The third kappa shape index (κ3) is 7.70. The number of fused-ring (bicyclic) bond motifs is 4. The van der Waals surface area contributed by atoms with Gasteiger partial charge in [-0.15, -0.1) is 0 Å². The number of carbonyl (C=O) groups is 1. The molecule has 1 aliphatic carbocycles. The molecule has 1 saturated carbocycles. The molecular weight excluding hydrogens is 543 g/mol. The normalized spacial score (nSPS) is 23.1. The van der Waals surface area contributed by atoms with Crippen LogP contribution in [0.5, 0.6) is 5.88 Å². The zero-order valence-corrected chi connectivity index (χ0v) is 23.4. The number of halogens is 3. The van der Waals surface area contributed by atoms with E-state index in [1.807, 2.05) is 33.9 Å². The first-order valence-corrected chi connectivity index (χ1v) is 13.8. The second kappa shape index (κ2) is 11.0. The summed E-state index contributed by atoms with van der Waals surface area (Å²) in [5.74, 6) is 0.627. The molecule has 2 aliphatic heterocycles. The van der Waals surface area contributed by atoms with Crippen LogP contribution in [-0.2, 0) is 33.1 Å². The van der Waals surface area contributed by atoms with Crippen molar-refractivity contribution in [3.8, 4) is 5.88 Å². The molecule has 0 aromatic carbocycles. The van der Waals surface area contributed by atoms with Crippen LogP contribution in [0.2, 0.25) is 0 Å². The highest BCUT2D eigenvalue weighted by Gasteiger charge is 2.50. The number of ether oxygens (including phenoxy) is 3. The molecule has 5 rings (SSSR count). The monoisotopic (exact) mass is 577 g/mol. The maximum atomic E-state index is 12.3. The van der Waals surface area contributed by atoms with Gasteiger partial charge in [-0.2, -0.15) is 17.7 Å². The van der Waals surface area contributed by atoms with E-state index in [0.29, 0.717) is 12.5 Å². The van der Waals surface area contributed by atoms with Crippen LogP contribution >= 0.6 is 0 Å². The molecule has 0 radical (unpaired) electrons. The van der Waals surface area contributed by atoms with Gasteiger partial charge in [0, 0.05) is 18.2 Å². The van der Waals surface area contributed by atoms with Crippen LogP contribution in [0.15, 0.2) is 24.4 Å². The number of methoxy groups -OCH3 is 1. The van der Waals surface area contributed by atoms with Crippen LogP contribution in [0.4, 0.5) is 18.0 Å². The first-order valence-electron chi connectivity index (χ1n) is 12.4. The standard InChI is InChI=1S/C24H33N3O4.CHF3O3S/c1-22(2,3)31-21(28)26-23-11-13-24(14-12-23,30-16-23)10-8-17-9-15-27(4)18-6-7-19(29-5)25-20(17)18;2-1(3,4)8(5,6)7/h6-7,9,15H,8,10-14,16H2,1-5H3;(H,5,6,7). The number of aromatic nitrogens is 2. The number of alkyl carbamates (subject to hydrolysis) is 1. The number of pyridine rings is 2. The van der Waals surface area contributed by atoms with Crippen molar-refractivity contribution in [1.82, 2.24) is 10.3 Å². The van der Waals surface area contributed by atoms with Gasteiger partial charge in [0.15, 0.2) is 16.3 Å². The zero-order chi connectivity index (χ0) is 29.3. The van der Waals surface area contributed by atoms with Crippen molar-refractivity contribution in [2.45, 2.75) is 81.5 Å². The van der Waals surface area contributed by atoms with E-state index in [1.165, 1.54) is 5.56 Å². The van der Waals surface area contributed by atoms with E-state index in [1.54, 1.807) is 7.11 Å². The second-order valence-corrected chi connectivity index (χ2v) is 12.3. The molecule has 3 aliphatic rings. The fourth-order valence-corrected chi connectivity index (χ4v) is 4.76. The van der Waals surface area contributed by atoms with Crippen molar-refractivity contribution < 1.29 is 49.7 Å². The number of nitrogens with one attached hydrogen (secondary N) is 1. The Morgan fingerprint density at radius 2 is 1.79 bits per heavy atom. The Hall–Kier alpha value is -2.71. The molecule has 1 amide bonds. The van der Waals surface area contributed by atoms with Crippen LogP contribution in [0.3, 0.4) is 0 Å². The van der Waals surface area contributed by atoms with Crippen molar-refractivity contribution in [3.63, 3.8) is 0 Å². The molecule has 2 bridgehead atoms. The lowest BCUT2D eigenvalue weighted by molar-refractivity contribution is -0.645. The number of aryl methyl sites for hydroxylation is 2. The average molecular weight is 578 g/mol. The molecule has 1 N–H and O–H groups in total. The average Bonchev–Trinajstić information content (AvgIpc) is 2.82. The van der Waals surface area contributed by atoms with E-state index in [2.05, 4.69) is 28.2 Å². The number of amides is 1. The largest absolute Gasteiger partial charge is 0.741 e. The molecule has 218 valence electrons. The van der Waals surface area contributed by atoms with Crippen molar-refractivity contribution in [3.05, 3.63) is 30.0 Å². The zero-order valence-electron chi connectivity index (χ0n) is 22.6. The molecule has 3 fully saturated rings. The van der Waals surface area contributed by atoms with E-state index >= 15 is 0 Å². The number of carbonyl (C=O) groups excluding carboxylic acids is 1. The minimum Gasteiger partial charge on any atom is -0.741 e. The lowest BCUT2D eigenvalue weighted by atomic mass is 9.69. The van der Waals surface area contributed by atoms with Crippen LogP contribution in [0, 0.1) is 0 Å². The summed E-state index contributed by atoms with van der Waals surface area (Å²) in [6.45, 7) is 6.19. The summed E-state index contributed by atoms with van der Waals surface area (Å²) in [5.41, 5.74) is -3.29. The third-order valence-corrected chi connectivity index (χ3v) is 7.48. The van der Waals surface area contributed by atoms with Gasteiger partial charge in [0.05, 0.1) is 24.9 Å². The Bertz CT molecular complexity index is 1290. The third-order valence-electron chi connectivity index (χ3n) is 6.91. The minimum absolute atomic E-state index is 0.124. The highest BCUT2D eigenvalue weighted by molar-refractivity contribution is 7.86. The quantitative estimate of drug-likeness (QED) is 0.324. The smallest absolute Gasteiger partial charge is 0.485 e. The topological polar surface area (TPSA) is 131 Å². The molecule has 39 heavy (non-hydrogen) atoms. The van der Waals surface area contributed by atoms with Gasteiger partial charge in [0.25, 0.3) is 0 Å². The fraction of sp³-hybridized carbons (Fsp3) is 0.640. The minimum atomic E-state index is -6.09. The first kappa shape index (κ1) is 30.8. The molecule has 2 aromatic rings. The molecular formula is C25H34F3N3O7S. The first-order chi connectivity index (χ1) is 17.9. The van der Waals surface area contributed by atoms with Crippen molar-refractivity contribution in [2.24, 2.45) is 7.05 Å². The van der Waals surface area contributed by atoms with Gasteiger partial charge in [-0.1, -0.05) is 0 Å². The Kier molecular flexibility index (Phi) is 8.73. The second-order valence-electron chi connectivity index (χ2n) is 11.0. The SMILES string of the molecule is COc1ccc2c(n1)c(CCC13CCC(NC(=O)OC(C)(C)C)(CC1)CO3)cc[n+]2C.O=S(=O)([O-])C(F)(F)F. The summed E-state index contributed by atoms with van der Waals surface area (Å²) in [4.78, 5) is 17.0. The maximum Gasteiger partial charge on any atom is 0.485 e. The van der Waals surface area contributed by atoms with Gasteiger partial charge in [0.1, 0.15) is 18.2 Å². The summed E-state index contributed by atoms with van der Waals surface area (Å²) in [5, 5.41) is 3.10. The number of hydrogen-bond acceptors (Lipinski definition) is 8. The number of alkyl halides is 3. The van der Waals surface area contributed by atoms with Crippen LogP contribution < -0.4 is 14.6 Å². The van der Waals surface area contributed by atoms with Crippen molar-refractivity contribution >= 4 is 27.2 Å². The molecule has 0 atom stereocenters. The highest BCUT2D eigenvalue weighted by atomic mass is 32.2. The predicted molar refractivity (Wildman–Crippen MR) is 133 cm³/mol. The van der Waals surface area contributed by atoms with E-state index in [4.69, 9.17) is 32.2 Å². The molecule has 10 nitrogen and oxygen atoms in total. The lowest BCUT2D eigenvalue weighted by Crippen LogP contribution is -2.63. The van der Waals surface area contributed by atoms with Crippen LogP contribution in [0.1, 0.15) is 58.4 Å². The summed E-state index contributed by atoms with van der Waals surface area (Å²) in [7, 11) is -2.42. The van der Waals surface area contributed by atoms with E-state index in [-0.39, 0.29) is 17.2 Å². The van der Waals surface area contributed by atoms with Crippen LogP contribution in [-0.4, -0.2) is 60.0 Å². The highest BCUT2D eigenvalue weighted by Crippen LogP contribution is 2.46. The molecule has 14 heteroatoms. The van der Waals surface area contributed by atoms with Crippen LogP contribution in [0.25, 0.3) is 11.0 Å². The van der Waals surface area contributed by atoms with E-state index < -0.39 is 21.2 Å². The number of rotatable bonds is 5. The summed E-state index contributed by atoms with van der Waals surface area (Å²) >= 11 is 0. The summed E-state index contributed by atoms with van der Waals surface area (Å²) in [6.07, 6.45) is 7.29. The van der Waals surface area contributed by atoms with Gasteiger partial charge >= 0.3 is 11.6 Å².